The molecule has 0 aromatic heterocycles. The van der Waals surface area contributed by atoms with Crippen LogP contribution >= 0.6 is 16.6 Å². The summed E-state index contributed by atoms with van der Waals surface area (Å²) in [6.45, 7) is 30.5. The Kier molecular flexibility index (Phi) is 9.10. The number of benzene rings is 1. The zero-order valence-corrected chi connectivity index (χ0v) is 26.2. The molecule has 0 radical (unpaired) electrons. The molecule has 0 heterocycles. The van der Waals surface area contributed by atoms with Crippen LogP contribution in [0.5, 0.6) is 0 Å². The third kappa shape index (κ3) is 8.24. The van der Waals surface area contributed by atoms with E-state index in [2.05, 4.69) is 109 Å². The first-order chi connectivity index (χ1) is 12.4. The van der Waals surface area contributed by atoms with Crippen LogP contribution in [0.25, 0.3) is 0 Å². The smallest absolute Gasteiger partial charge is 0.0968 e. The molecule has 0 N–H and O–H groups in total. The Morgan fingerprint density at radius 3 is 1.39 bits per heavy atom. The van der Waals surface area contributed by atoms with Gasteiger partial charge in [-0.2, -0.15) is 0 Å². The van der Waals surface area contributed by atoms with Gasteiger partial charge in [0.25, 0.3) is 0 Å². The van der Waals surface area contributed by atoms with Gasteiger partial charge in [0, 0.05) is 18.8 Å². The number of hydrogen-bond acceptors (Lipinski definition) is 0. The molecule has 0 saturated carbocycles. The Hall–Kier alpha value is 0.358. The average molecular weight is 484 g/mol. The van der Waals surface area contributed by atoms with Crippen LogP contribution < -0.4 is 0 Å². The van der Waals surface area contributed by atoms with E-state index in [-0.39, 0.29) is 0 Å². The molecule has 0 spiro atoms. The van der Waals surface area contributed by atoms with Gasteiger partial charge < -0.3 is 0 Å². The van der Waals surface area contributed by atoms with Crippen LogP contribution in [0.4, 0.5) is 0 Å². The van der Waals surface area contributed by atoms with Crippen molar-refractivity contribution in [3.63, 3.8) is 0 Å². The average Bonchev–Trinajstić information content (AvgIpc) is 2.46. The van der Waals surface area contributed by atoms with Crippen molar-refractivity contribution in [3.05, 3.63) is 35.9 Å². The van der Waals surface area contributed by atoms with Crippen LogP contribution in [0.2, 0.25) is 78.6 Å². The van der Waals surface area contributed by atoms with Crippen molar-refractivity contribution >= 4 is 54.3 Å². The Morgan fingerprint density at radius 2 is 1.04 bits per heavy atom. The van der Waals surface area contributed by atoms with Crippen molar-refractivity contribution in [2.24, 2.45) is 4.74 Å². The lowest BCUT2D eigenvalue weighted by Crippen LogP contribution is -2.50. The van der Waals surface area contributed by atoms with Crippen LogP contribution in [-0.4, -0.2) is 47.5 Å². The standard InChI is InChI=1S/C21H43NP2Si4/c1-25(2,3)20(26(4,5)6)23-19(18-16-14-13-15-17-18)22-24-21(27(7,8)9)28(10,11)12/h13-17,20-21H,1-12H3. The minimum Gasteiger partial charge on any atom is -0.228 e. The maximum atomic E-state index is 5.38. The van der Waals surface area contributed by atoms with Crippen molar-refractivity contribution in [1.29, 1.82) is 0 Å². The Balaban J connectivity index is 3.54. The summed E-state index contributed by atoms with van der Waals surface area (Å²) in [4.78, 5) is 1.62. The molecule has 1 nitrogen and oxygen atoms in total. The van der Waals surface area contributed by atoms with Gasteiger partial charge in [0.15, 0.2) is 0 Å². The normalized spacial score (nSPS) is 15.1. The van der Waals surface area contributed by atoms with Crippen LogP contribution in [0, 0.1) is 0 Å². The summed E-state index contributed by atoms with van der Waals surface area (Å²) in [5, 5.41) is 0. The van der Waals surface area contributed by atoms with E-state index >= 15 is 0 Å². The largest absolute Gasteiger partial charge is 0.228 e. The first-order valence-corrected chi connectivity index (χ1v) is 26.7. The lowest BCUT2D eigenvalue weighted by molar-refractivity contribution is 1.45. The maximum absolute atomic E-state index is 5.38. The van der Waals surface area contributed by atoms with E-state index in [1.54, 1.807) is 0 Å². The van der Waals surface area contributed by atoms with Crippen LogP contribution in [0.3, 0.4) is 0 Å². The van der Waals surface area contributed by atoms with E-state index in [1.807, 2.05) is 0 Å². The van der Waals surface area contributed by atoms with Gasteiger partial charge in [0.2, 0.25) is 0 Å². The van der Waals surface area contributed by atoms with Crippen LogP contribution in [-0.2, 0) is 0 Å². The third-order valence-electron chi connectivity index (χ3n) is 4.83. The molecule has 28 heavy (non-hydrogen) atoms. The van der Waals surface area contributed by atoms with Crippen LogP contribution in [0.1, 0.15) is 5.56 Å². The summed E-state index contributed by atoms with van der Waals surface area (Å²) in [6.07, 6.45) is 0. The molecule has 0 fully saturated rings. The van der Waals surface area contributed by atoms with Crippen molar-refractivity contribution in [1.82, 2.24) is 0 Å². The van der Waals surface area contributed by atoms with E-state index < -0.39 is 32.3 Å². The zero-order chi connectivity index (χ0) is 22.0. The highest BCUT2D eigenvalue weighted by Gasteiger charge is 2.38. The highest BCUT2D eigenvalue weighted by Crippen LogP contribution is 2.36. The molecule has 1 aromatic carbocycles. The molecule has 0 bridgehead atoms. The second kappa shape index (κ2) is 9.66. The highest BCUT2D eigenvalue weighted by molar-refractivity contribution is 7.52. The number of nitrogens with zero attached hydrogens (tertiary/aromatic N) is 1. The molecular weight excluding hydrogens is 441 g/mol. The first kappa shape index (κ1) is 26.4. The van der Waals surface area contributed by atoms with E-state index in [1.165, 1.54) is 27.6 Å². The lowest BCUT2D eigenvalue weighted by Gasteiger charge is -2.36. The summed E-state index contributed by atoms with van der Waals surface area (Å²) in [5.41, 5.74) is 2.68. The predicted molar refractivity (Wildman–Crippen MR) is 148 cm³/mol. The van der Waals surface area contributed by atoms with E-state index in [9.17, 15) is 0 Å². The Labute approximate surface area is 182 Å². The molecule has 0 atom stereocenters. The zero-order valence-electron chi connectivity index (χ0n) is 20.4. The van der Waals surface area contributed by atoms with E-state index in [0.717, 1.165) is 9.81 Å². The van der Waals surface area contributed by atoms with Gasteiger partial charge in [-0.25, -0.2) is 4.74 Å². The first-order valence-electron chi connectivity index (χ1n) is 10.5. The van der Waals surface area contributed by atoms with E-state index in [4.69, 9.17) is 4.74 Å². The molecule has 0 aliphatic carbocycles. The fraction of sp³-hybridized carbons (Fsp3) is 0.667. The molecule has 0 amide bonds. The molecule has 0 aliphatic rings. The van der Waals surface area contributed by atoms with Crippen molar-refractivity contribution in [2.45, 2.75) is 88.4 Å². The van der Waals surface area contributed by atoms with Gasteiger partial charge in [-0.15, -0.1) is 0 Å². The molecule has 1 aromatic rings. The SMILES string of the molecule is C[Si](C)(C)C(P=NC(=PC([Si](C)(C)C)[Si](C)(C)C)c1ccccc1)[Si](C)(C)C. The number of rotatable bonds is 8. The lowest BCUT2D eigenvalue weighted by atomic mass is 10.2. The van der Waals surface area contributed by atoms with Crippen molar-refractivity contribution in [3.8, 4) is 0 Å². The summed E-state index contributed by atoms with van der Waals surface area (Å²) >= 11 is 0. The molecule has 0 saturated heterocycles. The molecular formula is C21H43NP2Si4. The molecule has 0 aliphatic heterocycles. The van der Waals surface area contributed by atoms with Gasteiger partial charge in [-0.05, 0) is 4.91 Å². The summed E-state index contributed by atoms with van der Waals surface area (Å²) < 4.78 is 5.38. The van der Waals surface area contributed by atoms with Crippen molar-refractivity contribution in [2.75, 3.05) is 0 Å². The van der Waals surface area contributed by atoms with Crippen LogP contribution in [0.15, 0.2) is 35.1 Å². The van der Waals surface area contributed by atoms with Gasteiger partial charge in [0.1, 0.15) is 0 Å². The molecule has 0 unspecified atom stereocenters. The summed E-state index contributed by atoms with van der Waals surface area (Å²) in [6, 6.07) is 11.0. The van der Waals surface area contributed by atoms with E-state index in [0.29, 0.717) is 0 Å². The molecule has 1 rings (SSSR count). The number of hydrogen-bond donors (Lipinski definition) is 0. The van der Waals surface area contributed by atoms with Crippen molar-refractivity contribution < 1.29 is 0 Å². The van der Waals surface area contributed by atoms with Gasteiger partial charge in [-0.3, -0.25) is 0 Å². The fourth-order valence-electron chi connectivity index (χ4n) is 4.31. The monoisotopic (exact) mass is 483 g/mol. The topological polar surface area (TPSA) is 12.4 Å². The molecule has 158 valence electrons. The Bertz CT molecular complexity index is 662. The minimum absolute atomic E-state index is 0.797. The minimum atomic E-state index is -1.26. The van der Waals surface area contributed by atoms with Gasteiger partial charge in [-0.1, -0.05) is 117 Å². The van der Waals surface area contributed by atoms with Gasteiger partial charge in [0.05, 0.1) is 37.7 Å². The molecule has 7 heteroatoms. The summed E-state index contributed by atoms with van der Waals surface area (Å²) in [7, 11) is -2.20. The maximum Gasteiger partial charge on any atom is 0.0968 e. The summed E-state index contributed by atoms with van der Waals surface area (Å²) in [5.74, 6) is 0. The highest BCUT2D eigenvalue weighted by atomic mass is 31.1. The predicted octanol–water partition coefficient (Wildman–Crippen LogP) is 8.49. The third-order valence-corrected chi connectivity index (χ3v) is 34.1. The Morgan fingerprint density at radius 1 is 0.643 bits per heavy atom. The quantitative estimate of drug-likeness (QED) is 0.260. The second-order valence-corrected chi connectivity index (χ2v) is 38.8. The fourth-order valence-corrected chi connectivity index (χ4v) is 33.3. The second-order valence-electron chi connectivity index (χ2n) is 12.3. The van der Waals surface area contributed by atoms with Gasteiger partial charge >= 0.3 is 0 Å².